The van der Waals surface area contributed by atoms with E-state index in [4.69, 9.17) is 15.2 Å². The topological polar surface area (TPSA) is 92.8 Å². The highest BCUT2D eigenvalue weighted by atomic mass is 16.6. The van der Waals surface area contributed by atoms with Crippen molar-refractivity contribution in [3.63, 3.8) is 0 Å². The summed E-state index contributed by atoms with van der Waals surface area (Å²) >= 11 is 0. The van der Waals surface area contributed by atoms with Gasteiger partial charge in [-0.2, -0.15) is 0 Å². The lowest BCUT2D eigenvalue weighted by Gasteiger charge is -2.19. The second kappa shape index (κ2) is 7.14. The van der Waals surface area contributed by atoms with E-state index in [0.29, 0.717) is 16.8 Å². The van der Waals surface area contributed by atoms with Crippen LogP contribution in [-0.2, 0) is 20.7 Å². The summed E-state index contributed by atoms with van der Waals surface area (Å²) in [5.41, 5.74) is 6.59. The maximum absolute atomic E-state index is 12.5. The minimum atomic E-state index is -0.840. The molecule has 0 saturated heterocycles. The van der Waals surface area contributed by atoms with Crippen LogP contribution in [0.4, 0.5) is 4.79 Å². The molecular weight excluding hydrogens is 324 g/mol. The van der Waals surface area contributed by atoms with Gasteiger partial charge in [0.15, 0.2) is 0 Å². The van der Waals surface area contributed by atoms with Crippen molar-refractivity contribution in [2.24, 2.45) is 5.73 Å². The molecule has 2 N–H and O–H groups in total. The molecule has 7 heteroatoms. The summed E-state index contributed by atoms with van der Waals surface area (Å²) in [4.78, 5) is 24.2. The number of benzene rings is 1. The lowest BCUT2D eigenvalue weighted by atomic mass is 10.0. The first kappa shape index (κ1) is 18.8. The molecule has 1 aromatic heterocycles. The van der Waals surface area contributed by atoms with E-state index in [-0.39, 0.29) is 6.42 Å². The molecule has 25 heavy (non-hydrogen) atoms. The van der Waals surface area contributed by atoms with Crippen molar-refractivity contribution in [2.75, 3.05) is 14.2 Å². The van der Waals surface area contributed by atoms with Crippen LogP contribution in [0.2, 0.25) is 0 Å². The van der Waals surface area contributed by atoms with Crippen molar-refractivity contribution in [3.8, 4) is 5.75 Å². The Morgan fingerprint density at radius 2 is 1.92 bits per heavy atom. The predicted octanol–water partition coefficient (Wildman–Crippen LogP) is 2.48. The first-order valence-corrected chi connectivity index (χ1v) is 7.91. The van der Waals surface area contributed by atoms with Crippen molar-refractivity contribution in [1.82, 2.24) is 4.57 Å². The van der Waals surface area contributed by atoms with Crippen LogP contribution >= 0.6 is 0 Å². The molecule has 2 rings (SSSR count). The molecule has 0 bridgehead atoms. The number of carbonyl (C=O) groups is 2. The number of rotatable bonds is 4. The van der Waals surface area contributed by atoms with Gasteiger partial charge in [-0.05, 0) is 38.5 Å². The second-order valence-electron chi connectivity index (χ2n) is 6.69. The summed E-state index contributed by atoms with van der Waals surface area (Å²) in [6.07, 6.45) is 1.33. The summed E-state index contributed by atoms with van der Waals surface area (Å²) < 4.78 is 16.9. The number of nitrogens with two attached hydrogens (primary N) is 1. The zero-order valence-electron chi connectivity index (χ0n) is 15.2. The van der Waals surface area contributed by atoms with E-state index in [1.54, 1.807) is 52.3 Å². The zero-order valence-corrected chi connectivity index (χ0v) is 15.2. The maximum Gasteiger partial charge on any atom is 0.419 e. The van der Waals surface area contributed by atoms with Crippen molar-refractivity contribution in [3.05, 3.63) is 30.0 Å². The van der Waals surface area contributed by atoms with Crippen LogP contribution < -0.4 is 10.5 Å². The molecule has 0 aliphatic heterocycles. The van der Waals surface area contributed by atoms with E-state index in [0.717, 1.165) is 5.39 Å². The Morgan fingerprint density at radius 1 is 1.24 bits per heavy atom. The number of aromatic nitrogens is 1. The monoisotopic (exact) mass is 348 g/mol. The third-order valence-electron chi connectivity index (χ3n) is 3.62. The third-order valence-corrected chi connectivity index (χ3v) is 3.62. The smallest absolute Gasteiger partial charge is 0.419 e. The van der Waals surface area contributed by atoms with Gasteiger partial charge in [-0.3, -0.25) is 9.36 Å². The molecule has 0 unspecified atom stereocenters. The van der Waals surface area contributed by atoms with Gasteiger partial charge in [0.2, 0.25) is 0 Å². The highest BCUT2D eigenvalue weighted by Crippen LogP contribution is 2.32. The minimum absolute atomic E-state index is 0.208. The van der Waals surface area contributed by atoms with Crippen LogP contribution in [0, 0.1) is 0 Å². The Balaban J connectivity index is 2.54. The molecule has 0 spiro atoms. The van der Waals surface area contributed by atoms with Crippen LogP contribution in [0.25, 0.3) is 10.9 Å². The number of ether oxygens (including phenoxy) is 3. The van der Waals surface area contributed by atoms with Crippen molar-refractivity contribution < 1.29 is 23.8 Å². The van der Waals surface area contributed by atoms with E-state index in [2.05, 4.69) is 4.74 Å². The average Bonchev–Trinajstić information content (AvgIpc) is 2.91. The van der Waals surface area contributed by atoms with Gasteiger partial charge in [-0.15, -0.1) is 0 Å². The van der Waals surface area contributed by atoms with Crippen LogP contribution in [0.3, 0.4) is 0 Å². The first-order chi connectivity index (χ1) is 11.7. The van der Waals surface area contributed by atoms with Gasteiger partial charge in [0.05, 0.1) is 19.7 Å². The fourth-order valence-electron chi connectivity index (χ4n) is 2.59. The molecule has 7 nitrogen and oxygen atoms in total. The fourth-order valence-corrected chi connectivity index (χ4v) is 2.59. The molecule has 0 aliphatic rings. The summed E-state index contributed by atoms with van der Waals surface area (Å²) in [6.45, 7) is 5.39. The molecule has 1 aromatic carbocycles. The van der Waals surface area contributed by atoms with Crippen molar-refractivity contribution in [1.29, 1.82) is 0 Å². The Kier molecular flexibility index (Phi) is 5.37. The van der Waals surface area contributed by atoms with Crippen LogP contribution in [0.1, 0.15) is 26.3 Å². The van der Waals surface area contributed by atoms with Crippen LogP contribution in [0.5, 0.6) is 5.75 Å². The van der Waals surface area contributed by atoms with Crippen molar-refractivity contribution >= 4 is 23.0 Å². The predicted molar refractivity (Wildman–Crippen MR) is 93.8 cm³/mol. The first-order valence-electron chi connectivity index (χ1n) is 7.91. The zero-order chi connectivity index (χ0) is 18.8. The average molecular weight is 348 g/mol. The maximum atomic E-state index is 12.5. The summed E-state index contributed by atoms with van der Waals surface area (Å²) in [6, 6.07) is 4.52. The minimum Gasteiger partial charge on any atom is -0.496 e. The molecule has 0 fully saturated rings. The number of fused-ring (bicyclic) bond motifs is 1. The Morgan fingerprint density at radius 3 is 2.48 bits per heavy atom. The number of methoxy groups -OCH3 is 2. The Bertz CT molecular complexity index is 789. The molecule has 0 radical (unpaired) electrons. The fraction of sp³-hybridized carbons (Fsp3) is 0.444. The standard InChI is InChI=1S/C18H24N2O5/c1-18(2,3)25-17(22)20-10-11(9-12(19)16(21)24-5)15-13(20)7-6-8-14(15)23-4/h6-8,10,12H,9,19H2,1-5H3/t12-/m0/s1. The van der Waals surface area contributed by atoms with E-state index >= 15 is 0 Å². The number of hydrogen-bond acceptors (Lipinski definition) is 6. The van der Waals surface area contributed by atoms with Gasteiger partial charge in [-0.25, -0.2) is 4.79 Å². The van der Waals surface area contributed by atoms with E-state index in [1.165, 1.54) is 11.7 Å². The number of esters is 1. The van der Waals surface area contributed by atoms with E-state index < -0.39 is 23.7 Å². The van der Waals surface area contributed by atoms with Gasteiger partial charge in [-0.1, -0.05) is 6.07 Å². The summed E-state index contributed by atoms with van der Waals surface area (Å²) in [7, 11) is 2.83. The van der Waals surface area contributed by atoms with E-state index in [9.17, 15) is 9.59 Å². The van der Waals surface area contributed by atoms with Crippen molar-refractivity contribution in [2.45, 2.75) is 38.8 Å². The number of nitrogens with zero attached hydrogens (tertiary/aromatic N) is 1. The molecule has 0 saturated carbocycles. The highest BCUT2D eigenvalue weighted by Gasteiger charge is 2.24. The van der Waals surface area contributed by atoms with Gasteiger partial charge in [0.1, 0.15) is 17.4 Å². The molecule has 2 aromatic rings. The quantitative estimate of drug-likeness (QED) is 0.853. The molecule has 0 amide bonds. The summed E-state index contributed by atoms with van der Waals surface area (Å²) in [5, 5.41) is 0.718. The van der Waals surface area contributed by atoms with Gasteiger partial charge >= 0.3 is 12.1 Å². The molecule has 1 atom stereocenters. The lowest BCUT2D eigenvalue weighted by Crippen LogP contribution is -2.33. The highest BCUT2D eigenvalue weighted by molar-refractivity contribution is 5.96. The van der Waals surface area contributed by atoms with Gasteiger partial charge in [0, 0.05) is 18.0 Å². The van der Waals surface area contributed by atoms with Gasteiger partial charge < -0.3 is 19.9 Å². The molecule has 0 aliphatic carbocycles. The lowest BCUT2D eigenvalue weighted by molar-refractivity contribution is -0.142. The summed E-state index contributed by atoms with van der Waals surface area (Å²) in [5.74, 6) is 0.0694. The molecular formula is C18H24N2O5. The Hall–Kier alpha value is -2.54. The number of carbonyl (C=O) groups excluding carboxylic acids is 2. The number of hydrogen-bond donors (Lipinski definition) is 1. The van der Waals surface area contributed by atoms with Crippen LogP contribution in [0.15, 0.2) is 24.4 Å². The van der Waals surface area contributed by atoms with Gasteiger partial charge in [0.25, 0.3) is 0 Å². The second-order valence-corrected chi connectivity index (χ2v) is 6.69. The molecule has 136 valence electrons. The Labute approximate surface area is 146 Å². The largest absolute Gasteiger partial charge is 0.496 e. The normalized spacial score (nSPS) is 12.7. The SMILES string of the molecule is COC(=O)[C@@H](N)Cc1cn(C(=O)OC(C)(C)C)c2cccc(OC)c12. The van der Waals surface area contributed by atoms with Crippen LogP contribution in [-0.4, -0.2) is 42.5 Å². The van der Waals surface area contributed by atoms with E-state index in [1.807, 2.05) is 0 Å². The third kappa shape index (κ3) is 4.11. The molecule has 1 heterocycles.